The number of rotatable bonds is 0. The lowest BCUT2D eigenvalue weighted by Crippen LogP contribution is -1.78. The van der Waals surface area contributed by atoms with E-state index in [0.29, 0.717) is 15.3 Å². The molecule has 1 heterocycles. The first kappa shape index (κ1) is 8.49. The Hall–Kier alpha value is -1.11. The van der Waals surface area contributed by atoms with Crippen molar-refractivity contribution in [1.82, 2.24) is 0 Å². The van der Waals surface area contributed by atoms with Gasteiger partial charge < -0.3 is 0 Å². The second kappa shape index (κ2) is 2.99. The third-order valence-corrected chi connectivity index (χ3v) is 2.98. The van der Waals surface area contributed by atoms with Crippen LogP contribution in [-0.2, 0) is 0 Å². The summed E-state index contributed by atoms with van der Waals surface area (Å²) in [6, 6.07) is 6.19. The predicted molar refractivity (Wildman–Crippen MR) is 51.5 cm³/mol. The zero-order valence-electron chi connectivity index (χ0n) is 6.34. The third kappa shape index (κ3) is 1.39. The van der Waals surface area contributed by atoms with Gasteiger partial charge in [0.05, 0.1) is 14.6 Å². The molecule has 1 aromatic carbocycles. The summed E-state index contributed by atoms with van der Waals surface area (Å²) in [6.45, 7) is 0. The van der Waals surface area contributed by atoms with E-state index in [-0.39, 0.29) is 0 Å². The van der Waals surface area contributed by atoms with Crippen LogP contribution in [0.2, 0.25) is 4.34 Å². The van der Waals surface area contributed by atoms with Crippen LogP contribution in [0.15, 0.2) is 18.2 Å². The lowest BCUT2D eigenvalue weighted by molar-refractivity contribution is 0.629. The molecule has 0 saturated carbocycles. The first-order valence-corrected chi connectivity index (χ1v) is 4.69. The van der Waals surface area contributed by atoms with Gasteiger partial charge in [-0.25, -0.2) is 4.39 Å². The molecule has 4 heteroatoms. The Bertz CT molecular complexity index is 512. The van der Waals surface area contributed by atoms with Gasteiger partial charge in [-0.1, -0.05) is 11.6 Å². The topological polar surface area (TPSA) is 23.8 Å². The first-order valence-electron chi connectivity index (χ1n) is 3.49. The third-order valence-electron chi connectivity index (χ3n) is 1.67. The van der Waals surface area contributed by atoms with Gasteiger partial charge in [0.2, 0.25) is 0 Å². The number of fused-ring (bicyclic) bond motifs is 1. The van der Waals surface area contributed by atoms with Gasteiger partial charge in [-0.15, -0.1) is 11.3 Å². The highest BCUT2D eigenvalue weighted by atomic mass is 35.5. The van der Waals surface area contributed by atoms with E-state index in [0.717, 1.165) is 4.70 Å². The van der Waals surface area contributed by atoms with Crippen molar-refractivity contribution in [2.24, 2.45) is 0 Å². The van der Waals surface area contributed by atoms with Crippen LogP contribution in [0, 0.1) is 17.1 Å². The Labute approximate surface area is 83.0 Å². The van der Waals surface area contributed by atoms with Crippen LogP contribution in [0.3, 0.4) is 0 Å². The largest absolute Gasteiger partial charge is 0.207 e. The van der Waals surface area contributed by atoms with Crippen LogP contribution < -0.4 is 0 Å². The van der Waals surface area contributed by atoms with E-state index < -0.39 is 5.82 Å². The molecule has 0 atom stereocenters. The van der Waals surface area contributed by atoms with E-state index >= 15 is 0 Å². The molecule has 64 valence electrons. The minimum absolute atomic E-state index is 0.340. The van der Waals surface area contributed by atoms with Crippen LogP contribution in [0.4, 0.5) is 4.39 Å². The summed E-state index contributed by atoms with van der Waals surface area (Å²) >= 11 is 7.04. The van der Waals surface area contributed by atoms with Crippen molar-refractivity contribution in [2.45, 2.75) is 0 Å². The highest BCUT2D eigenvalue weighted by Gasteiger charge is 2.07. The van der Waals surface area contributed by atoms with Crippen LogP contribution in [0.5, 0.6) is 0 Å². The van der Waals surface area contributed by atoms with E-state index in [4.69, 9.17) is 16.9 Å². The average molecular weight is 212 g/mol. The quantitative estimate of drug-likeness (QED) is 0.654. The van der Waals surface area contributed by atoms with Gasteiger partial charge in [-0.05, 0) is 23.6 Å². The summed E-state index contributed by atoms with van der Waals surface area (Å²) in [5.74, 6) is -0.404. The molecule has 0 amide bonds. The van der Waals surface area contributed by atoms with Crippen LogP contribution in [0.1, 0.15) is 5.56 Å². The molecule has 0 spiro atoms. The zero-order chi connectivity index (χ0) is 9.42. The summed E-state index contributed by atoms with van der Waals surface area (Å²) in [5.41, 5.74) is 0.340. The lowest BCUT2D eigenvalue weighted by Gasteiger charge is -1.92. The van der Waals surface area contributed by atoms with E-state index in [9.17, 15) is 4.39 Å². The van der Waals surface area contributed by atoms with Gasteiger partial charge in [0.15, 0.2) is 0 Å². The molecule has 0 radical (unpaired) electrons. The minimum Gasteiger partial charge on any atom is -0.207 e. The van der Waals surface area contributed by atoms with Crippen LogP contribution >= 0.6 is 22.9 Å². The molecule has 0 N–H and O–H groups in total. The Morgan fingerprint density at radius 3 is 2.85 bits per heavy atom. The number of hydrogen-bond donors (Lipinski definition) is 0. The molecule has 1 nitrogen and oxygen atoms in total. The number of benzene rings is 1. The molecule has 0 aliphatic heterocycles. The number of halogens is 2. The van der Waals surface area contributed by atoms with Gasteiger partial charge >= 0.3 is 0 Å². The Balaban J connectivity index is 2.90. The maximum absolute atomic E-state index is 12.9. The second-order valence-corrected chi connectivity index (χ2v) is 4.22. The zero-order valence-corrected chi connectivity index (χ0v) is 7.92. The van der Waals surface area contributed by atoms with E-state index in [1.165, 1.54) is 23.5 Å². The molecule has 0 saturated heterocycles. The molecule has 2 aromatic rings. The molecule has 2 rings (SSSR count). The van der Waals surface area contributed by atoms with E-state index in [1.807, 2.05) is 6.07 Å². The van der Waals surface area contributed by atoms with Gasteiger partial charge in [0.25, 0.3) is 0 Å². The number of hydrogen-bond acceptors (Lipinski definition) is 2. The fraction of sp³-hybridized carbons (Fsp3) is 0. The molecular weight excluding hydrogens is 209 g/mol. The fourth-order valence-corrected chi connectivity index (χ4v) is 2.35. The van der Waals surface area contributed by atoms with Gasteiger partial charge in [-0.2, -0.15) is 5.26 Å². The molecular formula is C9H3ClFNS. The molecule has 0 bridgehead atoms. The maximum atomic E-state index is 12.9. The van der Waals surface area contributed by atoms with Crippen molar-refractivity contribution < 1.29 is 4.39 Å². The van der Waals surface area contributed by atoms with E-state index in [2.05, 4.69) is 0 Å². The van der Waals surface area contributed by atoms with Crippen LogP contribution in [0.25, 0.3) is 10.1 Å². The number of thiophene rings is 1. The standard InChI is InChI=1S/C9H3ClFNS/c10-8-3-5-1-7(11)2-6(4-12)9(5)13-8/h1-3H. The summed E-state index contributed by atoms with van der Waals surface area (Å²) < 4.78 is 14.2. The Kier molecular flexibility index (Phi) is 1.95. The predicted octanol–water partition coefficient (Wildman–Crippen LogP) is 3.57. The molecule has 1 aromatic heterocycles. The molecule has 0 fully saturated rings. The summed E-state index contributed by atoms with van der Waals surface area (Å²) in [5, 5.41) is 9.40. The molecule has 13 heavy (non-hydrogen) atoms. The fourth-order valence-electron chi connectivity index (χ4n) is 1.17. The molecule has 0 aliphatic rings. The number of nitriles is 1. The average Bonchev–Trinajstić information content (AvgIpc) is 2.43. The first-order chi connectivity index (χ1) is 6.20. The summed E-state index contributed by atoms with van der Waals surface area (Å²) in [6.07, 6.45) is 0. The Morgan fingerprint density at radius 1 is 1.38 bits per heavy atom. The van der Waals surface area contributed by atoms with Crippen molar-refractivity contribution in [3.8, 4) is 6.07 Å². The number of nitrogens with zero attached hydrogens (tertiary/aromatic N) is 1. The lowest BCUT2D eigenvalue weighted by atomic mass is 10.2. The van der Waals surface area contributed by atoms with Crippen LogP contribution in [-0.4, -0.2) is 0 Å². The van der Waals surface area contributed by atoms with Gasteiger partial charge in [-0.3, -0.25) is 0 Å². The smallest absolute Gasteiger partial charge is 0.125 e. The summed E-state index contributed by atoms with van der Waals surface area (Å²) in [4.78, 5) is 0. The van der Waals surface area contributed by atoms with Crippen molar-refractivity contribution in [2.75, 3.05) is 0 Å². The van der Waals surface area contributed by atoms with Crippen molar-refractivity contribution in [3.05, 3.63) is 33.9 Å². The van der Waals surface area contributed by atoms with E-state index in [1.54, 1.807) is 6.07 Å². The minimum atomic E-state index is -0.404. The van der Waals surface area contributed by atoms with Crippen molar-refractivity contribution in [1.29, 1.82) is 5.26 Å². The molecule has 0 unspecified atom stereocenters. The summed E-state index contributed by atoms with van der Waals surface area (Å²) in [7, 11) is 0. The van der Waals surface area contributed by atoms with Gasteiger partial charge in [0, 0.05) is 0 Å². The Morgan fingerprint density at radius 2 is 2.15 bits per heavy atom. The SMILES string of the molecule is N#Cc1cc(F)cc2cc(Cl)sc12. The van der Waals surface area contributed by atoms with Gasteiger partial charge in [0.1, 0.15) is 11.9 Å². The van der Waals surface area contributed by atoms with Crippen molar-refractivity contribution >= 4 is 33.0 Å². The molecule has 0 aliphatic carbocycles. The highest BCUT2D eigenvalue weighted by Crippen LogP contribution is 2.32. The van der Waals surface area contributed by atoms with Crippen molar-refractivity contribution in [3.63, 3.8) is 0 Å². The monoisotopic (exact) mass is 211 g/mol. The normalized spacial score (nSPS) is 10.2. The second-order valence-electron chi connectivity index (χ2n) is 2.53. The highest BCUT2D eigenvalue weighted by molar-refractivity contribution is 7.22. The maximum Gasteiger partial charge on any atom is 0.125 e.